The number of halogens is 5. The van der Waals surface area contributed by atoms with E-state index < -0.39 is 17.5 Å². The number of para-hydroxylation sites is 1. The quantitative estimate of drug-likeness (QED) is 0.0666. The van der Waals surface area contributed by atoms with Crippen LogP contribution in [0.5, 0.6) is 23.1 Å². The summed E-state index contributed by atoms with van der Waals surface area (Å²) in [5.41, 5.74) is 7.30. The monoisotopic (exact) mass is 783 g/mol. The van der Waals surface area contributed by atoms with Crippen molar-refractivity contribution in [3.05, 3.63) is 119 Å². The van der Waals surface area contributed by atoms with Crippen LogP contribution in [0.1, 0.15) is 25.7 Å². The molecule has 284 valence electrons. The molecule has 0 saturated carbocycles. The lowest BCUT2D eigenvalue weighted by Gasteiger charge is -2.26. The van der Waals surface area contributed by atoms with E-state index in [-0.39, 0.29) is 35.2 Å². The molecule has 15 heteroatoms. The molecule has 3 heterocycles. The van der Waals surface area contributed by atoms with Crippen molar-refractivity contribution in [3.63, 3.8) is 0 Å². The number of hydrogen-bond acceptors (Lipinski definition) is 9. The molecule has 1 fully saturated rings. The summed E-state index contributed by atoms with van der Waals surface area (Å²) in [6.07, 6.45) is 6.02. The number of pyridine rings is 1. The Balaban J connectivity index is 0.000000241. The third kappa shape index (κ3) is 10.8. The lowest BCUT2D eigenvalue weighted by Crippen LogP contribution is -2.31. The summed E-state index contributed by atoms with van der Waals surface area (Å²) in [5, 5.41) is 5.31. The Morgan fingerprint density at radius 3 is 2.35 bits per heavy atom. The third-order valence-corrected chi connectivity index (χ3v) is 8.28. The maximum atomic E-state index is 14.0. The third-order valence-electron chi connectivity index (χ3n) is 8.28. The summed E-state index contributed by atoms with van der Waals surface area (Å²) >= 11 is 4.32. The van der Waals surface area contributed by atoms with Gasteiger partial charge in [-0.15, -0.1) is 12.4 Å². The molecular formula is C39H38Cl2F3N5O5. The molecular weight excluding hydrogens is 746 g/mol. The minimum absolute atomic E-state index is 0. The van der Waals surface area contributed by atoms with E-state index in [1.54, 1.807) is 43.5 Å². The fourth-order valence-corrected chi connectivity index (χ4v) is 5.74. The number of benzene rings is 4. The van der Waals surface area contributed by atoms with Gasteiger partial charge in [-0.1, -0.05) is 18.6 Å². The average Bonchev–Trinajstić information content (AvgIpc) is 3.16. The van der Waals surface area contributed by atoms with Crippen molar-refractivity contribution in [1.82, 2.24) is 19.7 Å². The number of carbonyl (C=O) groups excluding carboxylic acids is 1. The minimum Gasteiger partial charge on any atom is -0.493 e. The molecule has 1 aliphatic heterocycles. The van der Waals surface area contributed by atoms with Crippen molar-refractivity contribution in [2.45, 2.75) is 25.7 Å². The highest BCUT2D eigenvalue weighted by atomic mass is 35.5. The van der Waals surface area contributed by atoms with E-state index in [2.05, 4.69) is 26.6 Å². The van der Waals surface area contributed by atoms with Crippen molar-refractivity contribution in [1.29, 1.82) is 0 Å². The van der Waals surface area contributed by atoms with Crippen LogP contribution in [0.15, 0.2) is 95.9 Å². The van der Waals surface area contributed by atoms with Gasteiger partial charge in [0.25, 0.3) is 0 Å². The van der Waals surface area contributed by atoms with Gasteiger partial charge in [-0.25, -0.2) is 22.8 Å². The smallest absolute Gasteiger partial charge is 0.219 e. The van der Waals surface area contributed by atoms with Crippen molar-refractivity contribution < 1.29 is 32.2 Å². The summed E-state index contributed by atoms with van der Waals surface area (Å²) < 4.78 is 58.8. The number of methoxy groups -OCH3 is 1. The summed E-state index contributed by atoms with van der Waals surface area (Å²) in [6, 6.07) is 21.9. The maximum Gasteiger partial charge on any atom is 0.219 e. The zero-order chi connectivity index (χ0) is 37.7. The zero-order valence-electron chi connectivity index (χ0n) is 29.2. The normalized spacial score (nSPS) is 12.4. The highest BCUT2D eigenvalue weighted by Crippen LogP contribution is 2.34. The van der Waals surface area contributed by atoms with Gasteiger partial charge in [0.05, 0.1) is 36.6 Å². The Labute approximate surface area is 320 Å². The number of rotatable bonds is 9. The number of ether oxygens (including phenoxy) is 3. The van der Waals surface area contributed by atoms with Gasteiger partial charge in [-0.3, -0.25) is 9.59 Å². The van der Waals surface area contributed by atoms with Crippen molar-refractivity contribution >= 4 is 57.2 Å². The number of nitrogens with zero attached hydrogens (tertiary/aromatic N) is 4. The summed E-state index contributed by atoms with van der Waals surface area (Å²) in [6.45, 7) is 4.01. The van der Waals surface area contributed by atoms with Crippen molar-refractivity contribution in [3.8, 4) is 28.8 Å². The Morgan fingerprint density at radius 1 is 0.870 bits per heavy atom. The fourth-order valence-electron chi connectivity index (χ4n) is 5.74. The van der Waals surface area contributed by atoms with E-state index in [4.69, 9.17) is 24.7 Å². The molecule has 0 radical (unpaired) electrons. The molecule has 2 aromatic heterocycles. The summed E-state index contributed by atoms with van der Waals surface area (Å²) in [4.78, 5) is 27.2. The molecule has 6 aromatic rings. The first-order chi connectivity index (χ1) is 25.7. The molecule has 7 rings (SSSR count). The number of nitrogen functional groups attached to an aromatic ring is 1. The summed E-state index contributed by atoms with van der Waals surface area (Å²) in [5.74, 6) is -0.533. The van der Waals surface area contributed by atoms with Gasteiger partial charge in [0.2, 0.25) is 17.1 Å². The molecule has 54 heavy (non-hydrogen) atoms. The van der Waals surface area contributed by atoms with E-state index in [0.717, 1.165) is 36.7 Å². The zero-order valence-corrected chi connectivity index (χ0v) is 30.8. The Morgan fingerprint density at radius 2 is 1.63 bits per heavy atom. The van der Waals surface area contributed by atoms with Crippen molar-refractivity contribution in [2.75, 3.05) is 39.1 Å². The second-order valence-electron chi connectivity index (χ2n) is 11.9. The van der Waals surface area contributed by atoms with E-state index >= 15 is 0 Å². The minimum atomic E-state index is -0.956. The highest BCUT2D eigenvalue weighted by molar-refractivity contribution is 6.54. The van der Waals surface area contributed by atoms with E-state index in [0.29, 0.717) is 45.9 Å². The van der Waals surface area contributed by atoms with Gasteiger partial charge in [-0.2, -0.15) is 5.10 Å². The largest absolute Gasteiger partial charge is 0.493 e. The molecule has 4 aromatic carbocycles. The van der Waals surface area contributed by atoms with Crippen LogP contribution < -0.4 is 25.4 Å². The molecule has 1 aliphatic rings. The molecule has 2 N–H and O–H groups in total. The van der Waals surface area contributed by atoms with Gasteiger partial charge >= 0.3 is 0 Å². The van der Waals surface area contributed by atoms with Crippen molar-refractivity contribution in [2.24, 2.45) is 0 Å². The first-order valence-electron chi connectivity index (χ1n) is 16.7. The van der Waals surface area contributed by atoms with Crippen LogP contribution in [-0.2, 0) is 4.79 Å². The van der Waals surface area contributed by atoms with Crippen LogP contribution in [0, 0.1) is 17.5 Å². The van der Waals surface area contributed by atoms with Crippen LogP contribution in [0.4, 0.5) is 18.9 Å². The average molecular weight is 785 g/mol. The number of aromatic nitrogens is 3. The summed E-state index contributed by atoms with van der Waals surface area (Å²) in [7, 11) is 1.62. The molecule has 0 aliphatic carbocycles. The second kappa shape index (κ2) is 20.2. The van der Waals surface area contributed by atoms with E-state index in [9.17, 15) is 18.0 Å². The number of likely N-dealkylation sites (tertiary alicyclic amines) is 1. The molecule has 0 bridgehead atoms. The van der Waals surface area contributed by atoms with E-state index in [1.807, 2.05) is 18.2 Å². The first-order valence-corrected chi connectivity index (χ1v) is 17.2. The number of anilines is 1. The number of hydrogen-bond donors (Lipinski definition) is 1. The van der Waals surface area contributed by atoms with Gasteiger partial charge in [0.1, 0.15) is 0 Å². The van der Waals surface area contributed by atoms with Crippen LogP contribution in [-0.4, -0.2) is 58.8 Å². The molecule has 10 nitrogen and oxygen atoms in total. The number of carbonyl (C=O) groups is 1. The van der Waals surface area contributed by atoms with Crippen LogP contribution in [0.2, 0.25) is 0 Å². The molecule has 1 saturated heterocycles. The Bertz CT molecular complexity index is 2240. The van der Waals surface area contributed by atoms with Gasteiger partial charge in [0, 0.05) is 47.3 Å². The first kappa shape index (κ1) is 41.4. The highest BCUT2D eigenvalue weighted by Gasteiger charge is 2.13. The predicted octanol–water partition coefficient (Wildman–Crippen LogP) is 8.51. The number of nitrogens with two attached hydrogens (primary N) is 1. The number of fused-ring (bicyclic) bond motifs is 2. The topological polar surface area (TPSA) is 122 Å². The molecule has 0 unspecified atom stereocenters. The maximum absolute atomic E-state index is 14.0. The molecule has 0 atom stereocenters. The van der Waals surface area contributed by atoms with Crippen LogP contribution >= 0.6 is 24.0 Å². The number of piperidine rings is 1. The lowest BCUT2D eigenvalue weighted by atomic mass is 10.1. The SMILES string of the molecule is COc1cc2ccc(Oc3ccc(N)cc3F)nc2cc1OCCCN1CCCCC1.Cl.O=CCl.O=c1cnn(-c2ccc(F)c(F)c2)c2ccccc12. The van der Waals surface area contributed by atoms with Gasteiger partial charge < -0.3 is 24.8 Å². The second-order valence-corrected chi connectivity index (χ2v) is 12.0. The van der Waals surface area contributed by atoms with Gasteiger partial charge in [0.15, 0.2) is 34.7 Å². The standard InChI is InChI=1S/C24H28FN3O3.C14H8F2N2O.CHClO.ClH/c1-29-22-14-17-6-9-24(31-21-8-7-18(26)15-19(21)25)27-20(17)16-23(22)30-13-5-12-28-10-3-2-4-11-28;15-11-6-5-9(7-12(11)16)18-13-4-2-1-3-10(13)14(19)8-17-18;2-1-3;/h6-9,14-16H,2-5,10-13,26H2,1H3;1-8H;1H;1H. The lowest BCUT2D eigenvalue weighted by molar-refractivity contribution is 0.203. The predicted molar refractivity (Wildman–Crippen MR) is 207 cm³/mol. The van der Waals surface area contributed by atoms with Gasteiger partial charge in [-0.05, 0) is 92.5 Å². The Kier molecular flexibility index (Phi) is 15.5. The molecule has 0 amide bonds. The van der Waals surface area contributed by atoms with Crippen LogP contribution in [0.25, 0.3) is 27.5 Å². The van der Waals surface area contributed by atoms with E-state index in [1.165, 1.54) is 55.2 Å². The van der Waals surface area contributed by atoms with Crippen LogP contribution in [0.3, 0.4) is 0 Å². The molecule has 0 spiro atoms. The fraction of sp³-hybridized carbons (Fsp3) is 0.231. The Hall–Kier alpha value is -5.37.